The summed E-state index contributed by atoms with van der Waals surface area (Å²) < 4.78 is 0. The van der Waals surface area contributed by atoms with E-state index in [9.17, 15) is 4.79 Å². The maximum atomic E-state index is 10.4. The smallest absolute Gasteiger partial charge is 0.322 e. The lowest BCUT2D eigenvalue weighted by atomic mass is 10.1. The van der Waals surface area contributed by atoms with Gasteiger partial charge in [0.05, 0.1) is 6.04 Å². The zero-order valence-electron chi connectivity index (χ0n) is 6.90. The van der Waals surface area contributed by atoms with Crippen LogP contribution in [0, 0.1) is 0 Å². The minimum absolute atomic E-state index is 0.140. The van der Waals surface area contributed by atoms with E-state index in [1.807, 2.05) is 0 Å². The molecule has 0 aliphatic rings. The molecule has 0 aliphatic carbocycles. The second kappa shape index (κ2) is 4.55. The van der Waals surface area contributed by atoms with E-state index in [-0.39, 0.29) is 5.96 Å². The molecule has 7 N–H and O–H groups in total. The number of guanidine groups is 1. The van der Waals surface area contributed by atoms with Crippen LogP contribution in [0.15, 0.2) is 4.99 Å². The molecule has 6 nitrogen and oxygen atoms in total. The summed E-state index contributed by atoms with van der Waals surface area (Å²) in [5, 5.41) is 8.52. The second-order valence-corrected chi connectivity index (χ2v) is 2.39. The first-order valence-electron chi connectivity index (χ1n) is 3.56. The Hall–Kier alpha value is -1.30. The molecule has 70 valence electrons. The van der Waals surface area contributed by atoms with Crippen molar-refractivity contribution in [3.05, 3.63) is 0 Å². The normalized spacial score (nSPS) is 14.8. The van der Waals surface area contributed by atoms with Crippen molar-refractivity contribution in [2.45, 2.75) is 25.4 Å². The molecule has 0 aromatic rings. The number of nitrogens with zero attached hydrogens (tertiary/aromatic N) is 1. The van der Waals surface area contributed by atoms with Gasteiger partial charge < -0.3 is 22.3 Å². The number of carboxylic acids is 1. The predicted octanol–water partition coefficient (Wildman–Crippen LogP) is -1.55. The second-order valence-electron chi connectivity index (χ2n) is 2.39. The Labute approximate surface area is 70.4 Å². The van der Waals surface area contributed by atoms with Gasteiger partial charge in [-0.15, -0.1) is 0 Å². The Bertz CT molecular complexity index is 188. The molecule has 0 radical (unpaired) electrons. The lowest BCUT2D eigenvalue weighted by Crippen LogP contribution is -2.42. The van der Waals surface area contributed by atoms with Crippen molar-refractivity contribution in [1.29, 1.82) is 0 Å². The third-order valence-corrected chi connectivity index (χ3v) is 1.43. The van der Waals surface area contributed by atoms with E-state index < -0.39 is 18.1 Å². The molecular weight excluding hydrogens is 160 g/mol. The SMILES string of the molecule is CCC(N=C(N)N)C(N)C(=O)O. The number of nitrogens with two attached hydrogens (primary N) is 3. The summed E-state index contributed by atoms with van der Waals surface area (Å²) in [7, 11) is 0. The van der Waals surface area contributed by atoms with Crippen LogP contribution in [0.5, 0.6) is 0 Å². The molecule has 2 unspecified atom stereocenters. The highest BCUT2D eigenvalue weighted by atomic mass is 16.4. The fourth-order valence-electron chi connectivity index (χ4n) is 0.782. The predicted molar refractivity (Wildman–Crippen MR) is 45.5 cm³/mol. The number of aliphatic imine (C=N–C) groups is 1. The van der Waals surface area contributed by atoms with Crippen LogP contribution >= 0.6 is 0 Å². The van der Waals surface area contributed by atoms with Crippen molar-refractivity contribution in [2.75, 3.05) is 0 Å². The van der Waals surface area contributed by atoms with Crippen molar-refractivity contribution < 1.29 is 9.90 Å². The summed E-state index contributed by atoms with van der Waals surface area (Å²) in [4.78, 5) is 14.1. The van der Waals surface area contributed by atoms with Gasteiger partial charge in [-0.25, -0.2) is 4.99 Å². The van der Waals surface area contributed by atoms with Crippen LogP contribution in [-0.4, -0.2) is 29.1 Å². The summed E-state index contributed by atoms with van der Waals surface area (Å²) in [6.07, 6.45) is 0.491. The first kappa shape index (κ1) is 10.7. The van der Waals surface area contributed by atoms with Crippen molar-refractivity contribution in [3.63, 3.8) is 0 Å². The Morgan fingerprint density at radius 2 is 2.08 bits per heavy atom. The minimum Gasteiger partial charge on any atom is -0.480 e. The molecule has 0 saturated carbocycles. The van der Waals surface area contributed by atoms with E-state index in [2.05, 4.69) is 4.99 Å². The molecule has 0 rings (SSSR count). The first-order valence-corrected chi connectivity index (χ1v) is 3.56. The van der Waals surface area contributed by atoms with Crippen LogP contribution < -0.4 is 17.2 Å². The van der Waals surface area contributed by atoms with E-state index in [0.29, 0.717) is 6.42 Å². The molecule has 0 amide bonds. The number of hydrogen-bond acceptors (Lipinski definition) is 3. The molecule has 6 heteroatoms. The maximum absolute atomic E-state index is 10.4. The fraction of sp³-hybridized carbons (Fsp3) is 0.667. The van der Waals surface area contributed by atoms with Gasteiger partial charge in [-0.1, -0.05) is 6.92 Å². The summed E-state index contributed by atoms with van der Waals surface area (Å²) in [5.41, 5.74) is 15.5. The molecule has 0 aromatic heterocycles. The number of carboxylic acid groups (broad SMARTS) is 1. The van der Waals surface area contributed by atoms with E-state index >= 15 is 0 Å². The van der Waals surface area contributed by atoms with Gasteiger partial charge in [-0.05, 0) is 6.42 Å². The van der Waals surface area contributed by atoms with Crippen LogP contribution in [0.3, 0.4) is 0 Å². The van der Waals surface area contributed by atoms with Crippen molar-refractivity contribution >= 4 is 11.9 Å². The van der Waals surface area contributed by atoms with Crippen LogP contribution in [0.25, 0.3) is 0 Å². The topological polar surface area (TPSA) is 128 Å². The third kappa shape index (κ3) is 3.20. The monoisotopic (exact) mass is 174 g/mol. The number of hydrogen-bond donors (Lipinski definition) is 4. The number of aliphatic carboxylic acids is 1. The fourth-order valence-corrected chi connectivity index (χ4v) is 0.782. The van der Waals surface area contributed by atoms with E-state index in [0.717, 1.165) is 0 Å². The summed E-state index contributed by atoms with van der Waals surface area (Å²) in [6.45, 7) is 1.76. The van der Waals surface area contributed by atoms with E-state index in [1.165, 1.54) is 0 Å². The van der Waals surface area contributed by atoms with E-state index in [1.54, 1.807) is 6.92 Å². The van der Waals surface area contributed by atoms with Gasteiger partial charge in [0.25, 0.3) is 0 Å². The average Bonchev–Trinajstić information content (AvgIpc) is 1.98. The van der Waals surface area contributed by atoms with Crippen LogP contribution in [0.2, 0.25) is 0 Å². The Morgan fingerprint density at radius 1 is 1.58 bits per heavy atom. The van der Waals surface area contributed by atoms with Gasteiger partial charge in [0, 0.05) is 0 Å². The summed E-state index contributed by atoms with van der Waals surface area (Å²) in [5.74, 6) is -1.24. The Kier molecular flexibility index (Phi) is 4.06. The standard InChI is InChI=1S/C6H14N4O2/c1-2-3(10-6(8)9)4(7)5(11)12/h3-4H,2,7H2,1H3,(H,11,12)(H4,8,9,10). The van der Waals surface area contributed by atoms with Gasteiger partial charge >= 0.3 is 5.97 Å². The van der Waals surface area contributed by atoms with Gasteiger partial charge in [0.2, 0.25) is 0 Å². The zero-order chi connectivity index (χ0) is 9.72. The highest BCUT2D eigenvalue weighted by Crippen LogP contribution is 2.01. The summed E-state index contributed by atoms with van der Waals surface area (Å²) >= 11 is 0. The molecule has 0 heterocycles. The molecule has 12 heavy (non-hydrogen) atoms. The number of carbonyl (C=O) groups is 1. The quantitative estimate of drug-likeness (QED) is 0.303. The number of rotatable bonds is 4. The highest BCUT2D eigenvalue weighted by Gasteiger charge is 2.21. The van der Waals surface area contributed by atoms with E-state index in [4.69, 9.17) is 22.3 Å². The molecule has 0 fully saturated rings. The molecule has 0 aliphatic heterocycles. The van der Waals surface area contributed by atoms with Crippen LogP contribution in [0.4, 0.5) is 0 Å². The Morgan fingerprint density at radius 3 is 2.33 bits per heavy atom. The molecule has 2 atom stereocenters. The minimum atomic E-state index is -1.10. The maximum Gasteiger partial charge on any atom is 0.322 e. The zero-order valence-corrected chi connectivity index (χ0v) is 6.90. The largest absolute Gasteiger partial charge is 0.480 e. The van der Waals surface area contributed by atoms with Gasteiger partial charge in [0.1, 0.15) is 6.04 Å². The lowest BCUT2D eigenvalue weighted by molar-refractivity contribution is -0.139. The van der Waals surface area contributed by atoms with Gasteiger partial charge in [0.15, 0.2) is 5.96 Å². The van der Waals surface area contributed by atoms with Gasteiger partial charge in [-0.2, -0.15) is 0 Å². The highest BCUT2D eigenvalue weighted by molar-refractivity contribution is 5.78. The third-order valence-electron chi connectivity index (χ3n) is 1.43. The first-order chi connectivity index (χ1) is 5.49. The molecule has 0 bridgehead atoms. The average molecular weight is 174 g/mol. The van der Waals surface area contributed by atoms with Crippen molar-refractivity contribution in [2.24, 2.45) is 22.2 Å². The van der Waals surface area contributed by atoms with Crippen molar-refractivity contribution in [1.82, 2.24) is 0 Å². The van der Waals surface area contributed by atoms with Crippen LogP contribution in [0.1, 0.15) is 13.3 Å². The molecule has 0 aromatic carbocycles. The molecule has 0 saturated heterocycles. The Balaban J connectivity index is 4.35. The molecule has 0 spiro atoms. The van der Waals surface area contributed by atoms with Crippen molar-refractivity contribution in [3.8, 4) is 0 Å². The van der Waals surface area contributed by atoms with Gasteiger partial charge in [-0.3, -0.25) is 4.79 Å². The van der Waals surface area contributed by atoms with Crippen LogP contribution in [-0.2, 0) is 4.79 Å². The lowest BCUT2D eigenvalue weighted by Gasteiger charge is -2.14. The molecular formula is C6H14N4O2. The summed E-state index contributed by atoms with van der Waals surface area (Å²) in [6, 6.07) is -1.59.